The molecule has 1 aliphatic heterocycles. The van der Waals surface area contributed by atoms with Crippen molar-refractivity contribution in [2.24, 2.45) is 0 Å². The summed E-state index contributed by atoms with van der Waals surface area (Å²) < 4.78 is 12.0. The molecule has 3 rings (SSSR count). The molecule has 0 aromatic heterocycles. The van der Waals surface area contributed by atoms with Gasteiger partial charge in [-0.3, -0.25) is 0 Å². The summed E-state index contributed by atoms with van der Waals surface area (Å²) in [5, 5.41) is 9.29. The molecule has 1 atom stereocenters. The Morgan fingerprint density at radius 2 is 2.14 bits per heavy atom. The number of halogens is 1. The molecule has 0 radical (unpaired) electrons. The first kappa shape index (κ1) is 14.7. The molecule has 0 amide bonds. The van der Waals surface area contributed by atoms with Crippen molar-refractivity contribution in [3.63, 3.8) is 0 Å². The van der Waals surface area contributed by atoms with Crippen LogP contribution in [0.2, 0.25) is 5.02 Å². The Balaban J connectivity index is 1.70. The monoisotopic (exact) mass is 310 g/mol. The summed E-state index contributed by atoms with van der Waals surface area (Å²) in [6, 6.07) is 4.60. The van der Waals surface area contributed by atoms with E-state index in [9.17, 15) is 4.79 Å². The smallest absolute Gasteiger partial charge is 0.335 e. The van der Waals surface area contributed by atoms with E-state index in [-0.39, 0.29) is 17.3 Å². The summed E-state index contributed by atoms with van der Waals surface area (Å²) in [4.78, 5) is 10.9. The normalized spacial score (nSPS) is 24.1. The SMILES string of the molecule is O=C(O)c1ccc(OC2CCOC3(CCCC3)C2)c(Cl)c1. The van der Waals surface area contributed by atoms with Gasteiger partial charge in [-0.1, -0.05) is 24.4 Å². The van der Waals surface area contributed by atoms with Crippen LogP contribution in [0.1, 0.15) is 48.9 Å². The lowest BCUT2D eigenvalue weighted by Gasteiger charge is -2.38. The number of rotatable bonds is 3. The van der Waals surface area contributed by atoms with Crippen LogP contribution in [-0.4, -0.2) is 29.4 Å². The van der Waals surface area contributed by atoms with Crippen molar-refractivity contribution in [2.45, 2.75) is 50.2 Å². The number of ether oxygens (including phenoxy) is 2. The van der Waals surface area contributed by atoms with Crippen molar-refractivity contribution in [3.05, 3.63) is 28.8 Å². The quantitative estimate of drug-likeness (QED) is 0.919. The van der Waals surface area contributed by atoms with E-state index in [1.807, 2.05) is 0 Å². The van der Waals surface area contributed by atoms with Crippen molar-refractivity contribution < 1.29 is 19.4 Å². The number of benzene rings is 1. The molecule has 1 saturated carbocycles. The molecule has 21 heavy (non-hydrogen) atoms. The Hall–Kier alpha value is -1.26. The average molecular weight is 311 g/mol. The first-order valence-electron chi connectivity index (χ1n) is 7.41. The number of hydrogen-bond donors (Lipinski definition) is 1. The minimum absolute atomic E-state index is 0.00357. The molecule has 1 N–H and O–H groups in total. The fraction of sp³-hybridized carbons (Fsp3) is 0.562. The fourth-order valence-corrected chi connectivity index (χ4v) is 3.59. The second-order valence-corrected chi connectivity index (χ2v) is 6.33. The lowest BCUT2D eigenvalue weighted by atomic mass is 9.90. The minimum atomic E-state index is -0.987. The topological polar surface area (TPSA) is 55.8 Å². The Kier molecular flexibility index (Phi) is 4.09. The second-order valence-electron chi connectivity index (χ2n) is 5.92. The van der Waals surface area contributed by atoms with Gasteiger partial charge in [-0.05, 0) is 31.0 Å². The highest BCUT2D eigenvalue weighted by atomic mass is 35.5. The number of carboxylic acid groups (broad SMARTS) is 1. The average Bonchev–Trinajstić information content (AvgIpc) is 2.89. The highest BCUT2D eigenvalue weighted by Crippen LogP contribution is 2.41. The molecular weight excluding hydrogens is 292 g/mol. The van der Waals surface area contributed by atoms with Gasteiger partial charge >= 0.3 is 5.97 Å². The van der Waals surface area contributed by atoms with Crippen LogP contribution < -0.4 is 4.74 Å². The van der Waals surface area contributed by atoms with Gasteiger partial charge in [0.2, 0.25) is 0 Å². The van der Waals surface area contributed by atoms with Crippen LogP contribution in [-0.2, 0) is 4.74 Å². The molecule has 1 spiro atoms. The van der Waals surface area contributed by atoms with Crippen molar-refractivity contribution >= 4 is 17.6 Å². The molecule has 2 aliphatic rings. The number of carbonyl (C=O) groups is 1. The summed E-state index contributed by atoms with van der Waals surface area (Å²) in [6.45, 7) is 0.718. The predicted molar refractivity (Wildman–Crippen MR) is 79.2 cm³/mol. The van der Waals surface area contributed by atoms with E-state index < -0.39 is 5.97 Å². The maximum absolute atomic E-state index is 10.9. The largest absolute Gasteiger partial charge is 0.489 e. The zero-order chi connectivity index (χ0) is 14.9. The van der Waals surface area contributed by atoms with Gasteiger partial charge in [0.05, 0.1) is 22.8 Å². The Morgan fingerprint density at radius 1 is 1.38 bits per heavy atom. The van der Waals surface area contributed by atoms with Gasteiger partial charge in [0.1, 0.15) is 11.9 Å². The van der Waals surface area contributed by atoms with Gasteiger partial charge in [-0.15, -0.1) is 0 Å². The third-order valence-corrected chi connectivity index (χ3v) is 4.73. The number of carboxylic acids is 1. The Bertz CT molecular complexity index is 537. The highest BCUT2D eigenvalue weighted by molar-refractivity contribution is 6.32. The van der Waals surface area contributed by atoms with Crippen molar-refractivity contribution in [3.8, 4) is 5.75 Å². The van der Waals surface area contributed by atoms with E-state index in [1.54, 1.807) is 6.07 Å². The summed E-state index contributed by atoms with van der Waals surface area (Å²) in [5.74, 6) is -0.430. The standard InChI is InChI=1S/C16H19ClO4/c17-13-9-11(15(18)19)3-4-14(13)21-12-5-8-20-16(10-12)6-1-2-7-16/h3-4,9,12H,1-2,5-8,10H2,(H,18,19). The summed E-state index contributed by atoms with van der Waals surface area (Å²) in [5.41, 5.74) is 0.169. The fourth-order valence-electron chi connectivity index (χ4n) is 3.36. The van der Waals surface area contributed by atoms with E-state index >= 15 is 0 Å². The van der Waals surface area contributed by atoms with Gasteiger partial charge in [-0.2, -0.15) is 0 Å². The van der Waals surface area contributed by atoms with Gasteiger partial charge in [0, 0.05) is 12.8 Å². The van der Waals surface area contributed by atoms with Gasteiger partial charge < -0.3 is 14.6 Å². The molecule has 1 saturated heterocycles. The molecule has 1 aromatic rings. The third-order valence-electron chi connectivity index (χ3n) is 4.44. The highest BCUT2D eigenvalue weighted by Gasteiger charge is 2.40. The Morgan fingerprint density at radius 3 is 2.81 bits per heavy atom. The molecule has 1 heterocycles. The van der Waals surface area contributed by atoms with E-state index in [0.717, 1.165) is 32.3 Å². The zero-order valence-electron chi connectivity index (χ0n) is 11.8. The van der Waals surface area contributed by atoms with Crippen LogP contribution in [0, 0.1) is 0 Å². The molecular formula is C16H19ClO4. The van der Waals surface area contributed by atoms with Crippen LogP contribution in [0.5, 0.6) is 5.75 Å². The van der Waals surface area contributed by atoms with Crippen LogP contribution in [0.15, 0.2) is 18.2 Å². The first-order chi connectivity index (χ1) is 10.1. The summed E-state index contributed by atoms with van der Waals surface area (Å²) in [6.07, 6.45) is 6.49. The van der Waals surface area contributed by atoms with E-state index in [2.05, 4.69) is 0 Å². The van der Waals surface area contributed by atoms with Crippen molar-refractivity contribution in [1.29, 1.82) is 0 Å². The zero-order valence-corrected chi connectivity index (χ0v) is 12.6. The van der Waals surface area contributed by atoms with Gasteiger partial charge in [0.15, 0.2) is 0 Å². The number of hydrogen-bond acceptors (Lipinski definition) is 3. The number of aromatic carboxylic acids is 1. The van der Waals surface area contributed by atoms with Crippen LogP contribution in [0.4, 0.5) is 0 Å². The second kappa shape index (κ2) is 5.85. The van der Waals surface area contributed by atoms with Gasteiger partial charge in [-0.25, -0.2) is 4.79 Å². The third kappa shape index (κ3) is 3.16. The summed E-state index contributed by atoms with van der Waals surface area (Å²) >= 11 is 6.12. The predicted octanol–water partition coefficient (Wildman–Crippen LogP) is 3.91. The summed E-state index contributed by atoms with van der Waals surface area (Å²) in [7, 11) is 0. The van der Waals surface area contributed by atoms with E-state index in [4.69, 9.17) is 26.2 Å². The van der Waals surface area contributed by atoms with Crippen molar-refractivity contribution in [1.82, 2.24) is 0 Å². The van der Waals surface area contributed by atoms with E-state index in [1.165, 1.54) is 25.0 Å². The molecule has 5 heteroatoms. The van der Waals surface area contributed by atoms with Gasteiger partial charge in [0.25, 0.3) is 0 Å². The molecule has 1 unspecified atom stereocenters. The molecule has 1 aliphatic carbocycles. The Labute approximate surface area is 129 Å². The first-order valence-corrected chi connectivity index (χ1v) is 7.79. The minimum Gasteiger partial charge on any atom is -0.489 e. The maximum atomic E-state index is 10.9. The van der Waals surface area contributed by atoms with E-state index in [0.29, 0.717) is 10.8 Å². The van der Waals surface area contributed by atoms with Crippen LogP contribution >= 0.6 is 11.6 Å². The molecule has 2 fully saturated rings. The molecule has 4 nitrogen and oxygen atoms in total. The maximum Gasteiger partial charge on any atom is 0.335 e. The lowest BCUT2D eigenvalue weighted by Crippen LogP contribution is -2.41. The molecule has 1 aromatic carbocycles. The lowest BCUT2D eigenvalue weighted by molar-refractivity contribution is -0.108. The molecule has 0 bridgehead atoms. The van der Waals surface area contributed by atoms with Crippen LogP contribution in [0.3, 0.4) is 0 Å². The van der Waals surface area contributed by atoms with Crippen LogP contribution in [0.25, 0.3) is 0 Å². The van der Waals surface area contributed by atoms with Crippen molar-refractivity contribution in [2.75, 3.05) is 6.61 Å². The molecule has 114 valence electrons.